The average molecular weight is 327 g/mol. The first kappa shape index (κ1) is 16.4. The molecule has 0 aliphatic carbocycles. The molecule has 2 heterocycles. The minimum Gasteiger partial charge on any atom is -0.481 e. The van der Waals surface area contributed by atoms with Gasteiger partial charge in [-0.05, 0) is 42.0 Å². The molecule has 1 aliphatic rings. The van der Waals surface area contributed by atoms with Crippen molar-refractivity contribution in [1.82, 2.24) is 5.32 Å². The Morgan fingerprint density at radius 2 is 2.14 bits per heavy atom. The number of hydrogen-bond donors (Lipinski definition) is 2. The quantitative estimate of drug-likeness (QED) is 0.842. The molecule has 1 aliphatic heterocycles. The fourth-order valence-corrected chi connectivity index (χ4v) is 4.91. The van der Waals surface area contributed by atoms with Gasteiger partial charge in [0.1, 0.15) is 5.25 Å². The van der Waals surface area contributed by atoms with Crippen LogP contribution in [0.3, 0.4) is 0 Å². The number of carbonyl (C=O) groups excluding carboxylic acids is 1. The molecule has 4 nitrogen and oxygen atoms in total. The SMILES string of the molecule is CCC(CC)(CNC(=O)C1SCCc2sccc21)C(=O)O. The number of thiophene rings is 1. The van der Waals surface area contributed by atoms with E-state index >= 15 is 0 Å². The van der Waals surface area contributed by atoms with Gasteiger partial charge in [0.2, 0.25) is 5.91 Å². The van der Waals surface area contributed by atoms with Crippen LogP contribution in [-0.2, 0) is 16.0 Å². The maximum absolute atomic E-state index is 12.4. The summed E-state index contributed by atoms with van der Waals surface area (Å²) < 4.78 is 0. The van der Waals surface area contributed by atoms with Gasteiger partial charge in [-0.25, -0.2) is 0 Å². The fraction of sp³-hybridized carbons (Fsp3) is 0.600. The third kappa shape index (κ3) is 3.26. The van der Waals surface area contributed by atoms with E-state index in [1.54, 1.807) is 23.1 Å². The van der Waals surface area contributed by atoms with Crippen molar-refractivity contribution in [3.05, 3.63) is 21.9 Å². The van der Waals surface area contributed by atoms with Crippen LogP contribution in [0.4, 0.5) is 0 Å². The second-order valence-corrected chi connectivity index (χ2v) is 7.52. The van der Waals surface area contributed by atoms with Crippen molar-refractivity contribution < 1.29 is 14.7 Å². The van der Waals surface area contributed by atoms with Gasteiger partial charge in [-0.3, -0.25) is 9.59 Å². The number of rotatable bonds is 6. The van der Waals surface area contributed by atoms with Gasteiger partial charge in [-0.15, -0.1) is 23.1 Å². The summed E-state index contributed by atoms with van der Waals surface area (Å²) in [6.45, 7) is 3.91. The van der Waals surface area contributed by atoms with Crippen LogP contribution in [0.15, 0.2) is 11.4 Å². The van der Waals surface area contributed by atoms with Crippen molar-refractivity contribution in [1.29, 1.82) is 0 Å². The standard InChI is InChI=1S/C15H21NO3S2/c1-3-15(4-2,14(18)19)9-16-13(17)12-10-5-7-20-11(10)6-8-21-12/h5,7,12H,3-4,6,8-9H2,1-2H3,(H,16,17)(H,18,19). The van der Waals surface area contributed by atoms with Gasteiger partial charge >= 0.3 is 5.97 Å². The van der Waals surface area contributed by atoms with E-state index in [-0.39, 0.29) is 17.7 Å². The van der Waals surface area contributed by atoms with Crippen LogP contribution in [0.25, 0.3) is 0 Å². The Morgan fingerprint density at radius 1 is 1.43 bits per heavy atom. The Kier molecular flexibility index (Phi) is 5.32. The van der Waals surface area contributed by atoms with Crippen molar-refractivity contribution in [3.8, 4) is 0 Å². The summed E-state index contributed by atoms with van der Waals surface area (Å²) in [5.41, 5.74) is 0.245. The lowest BCUT2D eigenvalue weighted by atomic mass is 9.82. The van der Waals surface area contributed by atoms with E-state index in [9.17, 15) is 14.7 Å². The van der Waals surface area contributed by atoms with Gasteiger partial charge in [-0.1, -0.05) is 13.8 Å². The van der Waals surface area contributed by atoms with E-state index in [0.717, 1.165) is 17.7 Å². The lowest BCUT2D eigenvalue weighted by Crippen LogP contribution is -2.43. The van der Waals surface area contributed by atoms with Crippen LogP contribution in [-0.4, -0.2) is 29.3 Å². The molecule has 0 fully saturated rings. The van der Waals surface area contributed by atoms with Gasteiger partial charge in [0.25, 0.3) is 0 Å². The molecule has 0 spiro atoms. The lowest BCUT2D eigenvalue weighted by molar-refractivity contribution is -0.149. The molecule has 21 heavy (non-hydrogen) atoms. The van der Waals surface area contributed by atoms with E-state index in [4.69, 9.17) is 0 Å². The zero-order chi connectivity index (χ0) is 15.5. The maximum Gasteiger partial charge on any atom is 0.311 e. The lowest BCUT2D eigenvalue weighted by Gasteiger charge is -2.28. The number of amides is 1. The summed E-state index contributed by atoms with van der Waals surface area (Å²) in [5.74, 6) is 0.0456. The summed E-state index contributed by atoms with van der Waals surface area (Å²) >= 11 is 3.34. The van der Waals surface area contributed by atoms with Crippen molar-refractivity contribution >= 4 is 35.0 Å². The Hall–Kier alpha value is -1.01. The topological polar surface area (TPSA) is 66.4 Å². The van der Waals surface area contributed by atoms with Crippen molar-refractivity contribution in [2.45, 2.75) is 38.4 Å². The van der Waals surface area contributed by atoms with Crippen molar-refractivity contribution in [3.63, 3.8) is 0 Å². The van der Waals surface area contributed by atoms with E-state index in [1.807, 2.05) is 25.3 Å². The highest BCUT2D eigenvalue weighted by atomic mass is 32.2. The van der Waals surface area contributed by atoms with Crippen LogP contribution in [0, 0.1) is 5.41 Å². The number of carbonyl (C=O) groups is 2. The maximum atomic E-state index is 12.4. The molecular weight excluding hydrogens is 306 g/mol. The Morgan fingerprint density at radius 3 is 2.76 bits per heavy atom. The second kappa shape index (κ2) is 6.83. The first-order chi connectivity index (χ1) is 10.0. The second-order valence-electron chi connectivity index (χ2n) is 5.31. The minimum atomic E-state index is -0.855. The summed E-state index contributed by atoms with van der Waals surface area (Å²) in [7, 11) is 0. The number of thioether (sulfide) groups is 1. The molecule has 1 atom stereocenters. The summed E-state index contributed by atoms with van der Waals surface area (Å²) in [6.07, 6.45) is 2.05. The molecule has 1 amide bonds. The van der Waals surface area contributed by atoms with Crippen molar-refractivity contribution in [2.75, 3.05) is 12.3 Å². The first-order valence-corrected chi connectivity index (χ1v) is 9.16. The Bertz CT molecular complexity index is 523. The van der Waals surface area contributed by atoms with E-state index in [1.165, 1.54) is 4.88 Å². The van der Waals surface area contributed by atoms with E-state index in [2.05, 4.69) is 5.32 Å². The molecule has 2 N–H and O–H groups in total. The molecular formula is C15H21NO3S2. The van der Waals surface area contributed by atoms with Gasteiger partial charge in [0, 0.05) is 11.4 Å². The van der Waals surface area contributed by atoms with Crippen LogP contribution in [0.5, 0.6) is 0 Å². The summed E-state index contributed by atoms with van der Waals surface area (Å²) in [5, 5.41) is 14.1. The molecule has 2 rings (SSSR count). The molecule has 1 aromatic rings. The van der Waals surface area contributed by atoms with Crippen LogP contribution < -0.4 is 5.32 Å². The summed E-state index contributed by atoms with van der Waals surface area (Å²) in [4.78, 5) is 25.2. The third-order valence-corrected chi connectivity index (χ3v) is 6.56. The largest absolute Gasteiger partial charge is 0.481 e. The van der Waals surface area contributed by atoms with Crippen LogP contribution >= 0.6 is 23.1 Å². The molecule has 1 unspecified atom stereocenters. The van der Waals surface area contributed by atoms with E-state index < -0.39 is 11.4 Å². The highest BCUT2D eigenvalue weighted by Gasteiger charge is 2.36. The first-order valence-electron chi connectivity index (χ1n) is 7.23. The number of hydrogen-bond acceptors (Lipinski definition) is 4. The molecule has 0 radical (unpaired) electrons. The molecule has 1 aromatic heterocycles. The highest BCUT2D eigenvalue weighted by Crippen LogP contribution is 2.39. The number of fused-ring (bicyclic) bond motifs is 1. The van der Waals surface area contributed by atoms with Gasteiger partial charge in [0.05, 0.1) is 5.41 Å². The van der Waals surface area contributed by atoms with Crippen LogP contribution in [0.1, 0.15) is 42.4 Å². The van der Waals surface area contributed by atoms with Gasteiger partial charge < -0.3 is 10.4 Å². The average Bonchev–Trinajstić information content (AvgIpc) is 2.96. The smallest absolute Gasteiger partial charge is 0.311 e. The number of aliphatic carboxylic acids is 1. The number of nitrogens with one attached hydrogen (secondary N) is 1. The fourth-order valence-electron chi connectivity index (χ4n) is 2.59. The number of carboxylic acids is 1. The predicted octanol–water partition coefficient (Wildman–Crippen LogP) is 3.09. The number of carboxylic acid groups (broad SMARTS) is 1. The molecule has 116 valence electrons. The third-order valence-electron chi connectivity index (χ3n) is 4.32. The Balaban J connectivity index is 2.05. The molecule has 6 heteroatoms. The van der Waals surface area contributed by atoms with E-state index in [0.29, 0.717) is 12.8 Å². The van der Waals surface area contributed by atoms with Crippen LogP contribution in [0.2, 0.25) is 0 Å². The summed E-state index contributed by atoms with van der Waals surface area (Å²) in [6, 6.07) is 2.01. The molecule has 0 bridgehead atoms. The highest BCUT2D eigenvalue weighted by molar-refractivity contribution is 8.00. The molecule has 0 aromatic carbocycles. The molecule has 0 saturated carbocycles. The predicted molar refractivity (Wildman–Crippen MR) is 86.9 cm³/mol. The number of aryl methyl sites for hydroxylation is 1. The molecule has 0 saturated heterocycles. The van der Waals surface area contributed by atoms with Gasteiger partial charge in [0.15, 0.2) is 0 Å². The minimum absolute atomic E-state index is 0.0631. The van der Waals surface area contributed by atoms with Crippen molar-refractivity contribution in [2.24, 2.45) is 5.41 Å². The normalized spacial score (nSPS) is 18.1. The zero-order valence-corrected chi connectivity index (χ0v) is 14.0. The zero-order valence-electron chi connectivity index (χ0n) is 12.3. The van der Waals surface area contributed by atoms with Gasteiger partial charge in [-0.2, -0.15) is 0 Å². The Labute approximate surface area is 133 Å². The monoisotopic (exact) mass is 327 g/mol.